The molecule has 4 aromatic carbocycles. The molecule has 12 rings (SSSR count). The Balaban J connectivity index is 0.000000313. The molecule has 13 heteroatoms. The number of hydrogen-bond acceptors (Lipinski definition) is 8. The van der Waals surface area contributed by atoms with Gasteiger partial charge < -0.3 is 8.83 Å². The Morgan fingerprint density at radius 1 is 0.423 bits per heavy atom. The molecule has 0 amide bonds. The molecule has 0 unspecified atom stereocenters. The van der Waals surface area contributed by atoms with E-state index in [0.717, 1.165) is 100 Å². The molecule has 0 atom stereocenters. The van der Waals surface area contributed by atoms with Crippen LogP contribution in [0.2, 0.25) is 0 Å². The van der Waals surface area contributed by atoms with Crippen LogP contribution in [0, 0.1) is 44.2 Å². The third kappa shape index (κ3) is 21.4. The normalized spacial score (nSPS) is 11.1. The maximum absolute atomic E-state index is 5.81. The molecule has 521 valence electrons. The Kier molecular flexibility index (Phi) is 34.5. The zero-order chi connectivity index (χ0) is 66.3. The number of thiophene rings is 1. The van der Waals surface area contributed by atoms with Gasteiger partial charge in [0.2, 0.25) is 0 Å². The van der Waals surface area contributed by atoms with E-state index in [0.29, 0.717) is 0 Å². The fourth-order valence-electron chi connectivity index (χ4n) is 11.0. The van der Waals surface area contributed by atoms with Crippen molar-refractivity contribution in [3.8, 4) is 0 Å². The van der Waals surface area contributed by atoms with Crippen molar-refractivity contribution in [3.63, 3.8) is 0 Å². The van der Waals surface area contributed by atoms with Gasteiger partial charge in [-0.2, -0.15) is 70.1 Å². The predicted molar refractivity (Wildman–Crippen MR) is 382 cm³/mol. The summed E-state index contributed by atoms with van der Waals surface area (Å²) in [6.45, 7) is 36.5. The fourth-order valence-corrected chi connectivity index (χ4v) is 11.9. The van der Waals surface area contributed by atoms with Gasteiger partial charge in [-0.15, -0.1) is 22.4 Å². The first kappa shape index (κ1) is 85.9. The van der Waals surface area contributed by atoms with Crippen molar-refractivity contribution in [3.05, 3.63) is 314 Å². The average molecular weight is 2200 g/mol. The van der Waals surface area contributed by atoms with Gasteiger partial charge in [0.1, 0.15) is 0 Å². The summed E-state index contributed by atoms with van der Waals surface area (Å²) in [6.07, 6.45) is 10.3. The van der Waals surface area contributed by atoms with E-state index in [1.807, 2.05) is 56.6 Å². The van der Waals surface area contributed by atoms with Crippen LogP contribution in [0.15, 0.2) is 197 Å². The number of rotatable bonds is 15. The Labute approximate surface area is 651 Å². The number of aromatic nitrogens is 5. The number of furan rings is 2. The molecule has 0 aliphatic carbocycles. The number of benzene rings is 4. The Morgan fingerprint density at radius 3 is 1.45 bits per heavy atom. The summed E-state index contributed by atoms with van der Waals surface area (Å²) in [5.41, 5.74) is 13.9. The largest absolute Gasteiger partial charge is 0.572 e. The summed E-state index contributed by atoms with van der Waals surface area (Å²) in [4.78, 5) is 24.5. The molecule has 12 aromatic rings. The van der Waals surface area contributed by atoms with Crippen molar-refractivity contribution in [2.75, 3.05) is 0 Å². The maximum Gasteiger partial charge on any atom is 0.0560 e. The molecule has 8 aromatic heterocycles. The molecule has 0 fully saturated rings. The van der Waals surface area contributed by atoms with Crippen LogP contribution in [0.25, 0.3) is 21.5 Å². The number of aryl methyl sites for hydroxylation is 7. The van der Waals surface area contributed by atoms with Gasteiger partial charge in [0.15, 0.2) is 0 Å². The predicted octanol–water partition coefficient (Wildman–Crippen LogP) is 21.0. The summed E-state index contributed by atoms with van der Waals surface area (Å²) >= 11 is 1.74. The number of fused-ring (bicyclic) bond motifs is 2. The summed E-state index contributed by atoms with van der Waals surface area (Å²) in [7, 11) is 0. The minimum atomic E-state index is -0.246. The van der Waals surface area contributed by atoms with E-state index < -0.39 is 0 Å². The van der Waals surface area contributed by atoms with E-state index in [-0.39, 0.29) is 128 Å². The van der Waals surface area contributed by atoms with Crippen molar-refractivity contribution in [2.45, 2.75) is 177 Å². The molecule has 0 spiro atoms. The van der Waals surface area contributed by atoms with E-state index in [2.05, 4.69) is 277 Å². The third-order valence-corrected chi connectivity index (χ3v) is 18.6. The molecule has 0 aliphatic heterocycles. The molecule has 0 saturated carbocycles. The molecular weight excluding hydrogens is 2100 g/mol. The minimum Gasteiger partial charge on any atom is -0.572 e. The molecule has 0 saturated heterocycles. The Morgan fingerprint density at radius 2 is 0.948 bits per heavy atom. The van der Waals surface area contributed by atoms with Gasteiger partial charge >= 0.3 is 0 Å². The minimum absolute atomic E-state index is 0. The monoisotopic (exact) mass is 2200 g/mol. The first-order valence-corrected chi connectivity index (χ1v) is 33.4. The first-order valence-electron chi connectivity index (χ1n) is 32.5. The van der Waals surface area contributed by atoms with E-state index in [9.17, 15) is 0 Å². The van der Waals surface area contributed by atoms with E-state index in [1.165, 1.54) is 48.7 Å². The second-order valence-electron chi connectivity index (χ2n) is 25.9. The van der Waals surface area contributed by atoms with Gasteiger partial charge in [0, 0.05) is 180 Å². The standard InChI is InChI=1S/2C20H20N.C16H20NO.C14H16NO.C14H16NS.5Ir/c1-4-15-8-7-10-17(14-15)20(2,3)19-18-11-6-5-9-16(18)12-13-21-19;1-4-15-13-16-9-5-6-10-17(16)18(14-15)20(2,3)19-11-7-8-12-21-19;1-6-13-8-7-9-14(17-13)16(4,5)15-10-11(2)12(3)18-15;2*1-4-11-7-5-8-12(15-11)14(2,3)13-9-6-10-16-13;;;;;/h2*5-13H,4H2,1-3H3;7-9H,6H2,1-5H3;2*5-8,10H,4H2,1-3H3;;;;;/q5*-1;;;;;. The number of hydrogen-bond donors (Lipinski definition) is 0. The summed E-state index contributed by atoms with van der Waals surface area (Å²) in [5.74, 6) is 2.62. The first-order chi connectivity index (χ1) is 44.0. The van der Waals surface area contributed by atoms with Crippen LogP contribution in [0.3, 0.4) is 0 Å². The SMILES string of the molecule is CCc1[c-]c(C(C)(C)c2ccccn2)c2ccccc2c1.CCc1[c-]c(C(C)(C)c2nccc3ccccc23)ccc1.CCc1cccc(C(C)(C)c2[c-]c(C)c(C)o2)n1.CCc1cccc(C(C)(C)c2[c-]cco2)n1.CCc1cccc(C(C)(C)c2[c-]ccs2)n1.[Ir].[Ir].[Ir].[Ir].[Ir]. The van der Waals surface area contributed by atoms with Crippen molar-refractivity contribution in [2.24, 2.45) is 0 Å². The number of nitrogens with zero attached hydrogens (tertiary/aromatic N) is 5. The molecule has 0 N–H and O–H groups in total. The summed E-state index contributed by atoms with van der Waals surface area (Å²) in [6, 6.07) is 73.1. The maximum atomic E-state index is 5.81. The van der Waals surface area contributed by atoms with Gasteiger partial charge in [-0.05, 0) is 113 Å². The second-order valence-corrected chi connectivity index (χ2v) is 26.8. The molecule has 8 heterocycles. The molecule has 0 aliphatic rings. The van der Waals surface area contributed by atoms with Crippen molar-refractivity contribution in [1.82, 2.24) is 24.9 Å². The summed E-state index contributed by atoms with van der Waals surface area (Å²) in [5, 5.41) is 7.08. The zero-order valence-corrected chi connectivity index (χ0v) is 71.9. The topological polar surface area (TPSA) is 90.7 Å². The smallest absolute Gasteiger partial charge is 0.0560 e. The quantitative estimate of drug-likeness (QED) is 0.0945. The molecule has 7 nitrogen and oxygen atoms in total. The van der Waals surface area contributed by atoms with Gasteiger partial charge in [-0.25, -0.2) is 24.3 Å². The van der Waals surface area contributed by atoms with E-state index in [4.69, 9.17) is 23.8 Å². The zero-order valence-electron chi connectivity index (χ0n) is 59.1. The third-order valence-electron chi connectivity index (χ3n) is 17.5. The summed E-state index contributed by atoms with van der Waals surface area (Å²) < 4.78 is 11.2. The van der Waals surface area contributed by atoms with Gasteiger partial charge in [-0.1, -0.05) is 186 Å². The average Bonchev–Trinajstić information content (AvgIpc) is 1.63. The van der Waals surface area contributed by atoms with Crippen LogP contribution in [-0.2, 0) is 160 Å². The van der Waals surface area contributed by atoms with Crippen molar-refractivity contribution in [1.29, 1.82) is 0 Å². The van der Waals surface area contributed by atoms with Crippen LogP contribution in [-0.4, -0.2) is 24.9 Å². The molecule has 97 heavy (non-hydrogen) atoms. The van der Waals surface area contributed by atoms with Crippen LogP contribution < -0.4 is 0 Å². The van der Waals surface area contributed by atoms with Crippen LogP contribution >= 0.6 is 11.3 Å². The van der Waals surface area contributed by atoms with E-state index in [1.54, 1.807) is 23.7 Å². The van der Waals surface area contributed by atoms with Crippen LogP contribution in [0.5, 0.6) is 0 Å². The Bertz CT molecular complexity index is 4180. The molecule has 0 bridgehead atoms. The van der Waals surface area contributed by atoms with E-state index >= 15 is 0 Å². The van der Waals surface area contributed by atoms with Crippen molar-refractivity contribution < 1.29 is 109 Å². The number of pyridine rings is 5. The Hall–Kier alpha value is -5.34. The molecular formula is C84H92Ir5N5O2S-5. The van der Waals surface area contributed by atoms with Gasteiger partial charge in [-0.3, -0.25) is 36.3 Å². The van der Waals surface area contributed by atoms with Gasteiger partial charge in [0.05, 0.1) is 17.1 Å². The second kappa shape index (κ2) is 39.0. The fraction of sp³-hybridized carbons (Fsp3) is 0.321. The van der Waals surface area contributed by atoms with Crippen LogP contribution in [0.1, 0.15) is 199 Å². The van der Waals surface area contributed by atoms with Crippen LogP contribution in [0.4, 0.5) is 0 Å². The molecule has 5 radical (unpaired) electrons. The van der Waals surface area contributed by atoms with Crippen molar-refractivity contribution >= 4 is 32.9 Å². The van der Waals surface area contributed by atoms with Gasteiger partial charge in [0.25, 0.3) is 0 Å².